The zero-order valence-corrected chi connectivity index (χ0v) is 18.5. The summed E-state index contributed by atoms with van der Waals surface area (Å²) in [5.41, 5.74) is 3.11. The van der Waals surface area contributed by atoms with Crippen LogP contribution in [-0.2, 0) is 4.79 Å². The van der Waals surface area contributed by atoms with E-state index in [9.17, 15) is 9.90 Å². The van der Waals surface area contributed by atoms with E-state index in [0.29, 0.717) is 28.1 Å². The number of carboxylic acids is 1. The van der Waals surface area contributed by atoms with Gasteiger partial charge in [-0.2, -0.15) is 0 Å². The van der Waals surface area contributed by atoms with Gasteiger partial charge in [0.05, 0.1) is 24.4 Å². The number of hydrogen-bond acceptors (Lipinski definition) is 5. The maximum atomic E-state index is 12.3. The van der Waals surface area contributed by atoms with Crippen LogP contribution in [0.15, 0.2) is 47.5 Å². The van der Waals surface area contributed by atoms with Gasteiger partial charge in [-0.1, -0.05) is 37.6 Å². The number of aliphatic carboxylic acids is 1. The molecule has 1 aliphatic heterocycles. The first-order valence-corrected chi connectivity index (χ1v) is 10.4. The van der Waals surface area contributed by atoms with Gasteiger partial charge < -0.3 is 9.84 Å². The van der Waals surface area contributed by atoms with Crippen molar-refractivity contribution in [2.45, 2.75) is 26.8 Å². The fourth-order valence-corrected chi connectivity index (χ4v) is 4.15. The summed E-state index contributed by atoms with van der Waals surface area (Å²) < 4.78 is 7.36. The fourth-order valence-electron chi connectivity index (χ4n) is 4.02. The Morgan fingerprint density at radius 3 is 2.48 bits per heavy atom. The second-order valence-corrected chi connectivity index (χ2v) is 8.30. The number of aryl methyl sites for hydroxylation is 1. The van der Waals surface area contributed by atoms with Gasteiger partial charge in [-0.05, 0) is 43.2 Å². The molecule has 4 rings (SSSR count). The first-order chi connectivity index (χ1) is 14.8. The molecular formula is C23H23ClN4O3. The average molecular weight is 439 g/mol. The van der Waals surface area contributed by atoms with E-state index in [2.05, 4.69) is 10.2 Å². The average Bonchev–Trinajstić information content (AvgIpc) is 3.05. The van der Waals surface area contributed by atoms with Gasteiger partial charge >= 0.3 is 5.97 Å². The molecule has 3 aromatic rings. The molecule has 0 saturated carbocycles. The number of carboxylic acid groups (broad SMARTS) is 1. The third-order valence-electron chi connectivity index (χ3n) is 5.54. The van der Waals surface area contributed by atoms with Gasteiger partial charge in [-0.15, -0.1) is 10.2 Å². The second kappa shape index (κ2) is 8.15. The Kier molecular flexibility index (Phi) is 5.54. The molecule has 8 heteroatoms. The van der Waals surface area contributed by atoms with E-state index in [1.54, 1.807) is 19.2 Å². The maximum absolute atomic E-state index is 12.3. The monoisotopic (exact) mass is 438 g/mol. The van der Waals surface area contributed by atoms with E-state index < -0.39 is 17.9 Å². The highest BCUT2D eigenvalue weighted by atomic mass is 35.5. The molecule has 0 bridgehead atoms. The molecule has 0 aliphatic carbocycles. The molecule has 7 nitrogen and oxygen atoms in total. The van der Waals surface area contributed by atoms with Crippen molar-refractivity contribution in [3.05, 3.63) is 70.3 Å². The topological polar surface area (TPSA) is 89.6 Å². The molecule has 0 amide bonds. The first kappa shape index (κ1) is 21.1. The number of halogens is 1. The van der Waals surface area contributed by atoms with Crippen LogP contribution >= 0.6 is 11.6 Å². The lowest BCUT2D eigenvalue weighted by Gasteiger charge is -2.23. The summed E-state index contributed by atoms with van der Waals surface area (Å²) in [4.78, 5) is 17.3. The summed E-state index contributed by atoms with van der Waals surface area (Å²) in [5.74, 6) is -0.0274. The van der Waals surface area contributed by atoms with Gasteiger partial charge in [-0.25, -0.2) is 0 Å². The highest BCUT2D eigenvalue weighted by Crippen LogP contribution is 2.38. The van der Waals surface area contributed by atoms with Crippen LogP contribution in [0.4, 0.5) is 0 Å². The second-order valence-electron chi connectivity index (χ2n) is 7.86. The number of rotatable bonds is 5. The van der Waals surface area contributed by atoms with Crippen LogP contribution in [-0.4, -0.2) is 38.7 Å². The standard InChI is InChI=1S/C23H23ClN4O3/c1-12(2)19(23(29)30)21-22-27-26-13(3)28(22)18-10-9-16(31-4)11-17(18)20(25-21)14-5-7-15(24)8-6-14/h5-12,19,21H,1-4H3,(H,29,30)/t19?,21-/m0/s1. The van der Waals surface area contributed by atoms with Gasteiger partial charge in [0.25, 0.3) is 0 Å². The predicted molar refractivity (Wildman–Crippen MR) is 118 cm³/mol. The minimum Gasteiger partial charge on any atom is -0.497 e. The summed E-state index contributed by atoms with van der Waals surface area (Å²) in [6.45, 7) is 5.61. The van der Waals surface area contributed by atoms with Gasteiger partial charge in [0.2, 0.25) is 0 Å². The van der Waals surface area contributed by atoms with E-state index in [1.807, 2.05) is 55.7 Å². The van der Waals surface area contributed by atoms with Crippen molar-refractivity contribution in [1.29, 1.82) is 0 Å². The van der Waals surface area contributed by atoms with Crippen molar-refractivity contribution in [3.8, 4) is 11.4 Å². The van der Waals surface area contributed by atoms with Crippen LogP contribution in [0.1, 0.15) is 42.7 Å². The number of ether oxygens (including phenoxy) is 1. The number of carbonyl (C=O) groups is 1. The molecule has 0 saturated heterocycles. The number of aromatic nitrogens is 3. The van der Waals surface area contributed by atoms with E-state index >= 15 is 0 Å². The minimum atomic E-state index is -0.921. The van der Waals surface area contributed by atoms with E-state index in [0.717, 1.165) is 16.8 Å². The molecule has 1 unspecified atom stereocenters. The lowest BCUT2D eigenvalue weighted by molar-refractivity contribution is -0.144. The SMILES string of the molecule is COc1ccc2c(c1)C(c1ccc(Cl)cc1)=N[C@@H](C(C(=O)O)C(C)C)c1nnc(C)n1-2. The highest BCUT2D eigenvalue weighted by molar-refractivity contribution is 6.30. The minimum absolute atomic E-state index is 0.168. The predicted octanol–water partition coefficient (Wildman–Crippen LogP) is 4.49. The number of benzene rings is 2. The first-order valence-electron chi connectivity index (χ1n) is 9.99. The lowest BCUT2D eigenvalue weighted by atomic mass is 9.88. The van der Waals surface area contributed by atoms with Gasteiger partial charge in [-0.3, -0.25) is 14.4 Å². The Labute approximate surface area is 185 Å². The van der Waals surface area contributed by atoms with Crippen molar-refractivity contribution in [1.82, 2.24) is 14.8 Å². The molecule has 2 atom stereocenters. The molecule has 0 fully saturated rings. The molecule has 31 heavy (non-hydrogen) atoms. The van der Waals surface area contributed by atoms with E-state index in [1.165, 1.54) is 0 Å². The number of nitrogens with zero attached hydrogens (tertiary/aromatic N) is 4. The van der Waals surface area contributed by atoms with Crippen LogP contribution in [0.3, 0.4) is 0 Å². The molecule has 0 spiro atoms. The number of methoxy groups -OCH3 is 1. The Balaban J connectivity index is 2.07. The molecular weight excluding hydrogens is 416 g/mol. The molecule has 0 radical (unpaired) electrons. The molecule has 2 heterocycles. The maximum Gasteiger partial charge on any atom is 0.309 e. The number of hydrogen-bond donors (Lipinski definition) is 1. The van der Waals surface area contributed by atoms with Crippen molar-refractivity contribution < 1.29 is 14.6 Å². The zero-order valence-electron chi connectivity index (χ0n) is 17.7. The molecule has 1 aromatic heterocycles. The van der Waals surface area contributed by atoms with Crippen LogP contribution < -0.4 is 4.74 Å². The van der Waals surface area contributed by atoms with Gasteiger partial charge in [0.1, 0.15) is 17.6 Å². The molecule has 2 aromatic carbocycles. The molecule has 1 aliphatic rings. The van der Waals surface area contributed by atoms with Crippen molar-refractivity contribution in [3.63, 3.8) is 0 Å². The summed E-state index contributed by atoms with van der Waals surface area (Å²) >= 11 is 6.11. The smallest absolute Gasteiger partial charge is 0.309 e. The third-order valence-corrected chi connectivity index (χ3v) is 5.80. The van der Waals surface area contributed by atoms with Crippen molar-refractivity contribution in [2.24, 2.45) is 16.8 Å². The van der Waals surface area contributed by atoms with E-state index in [4.69, 9.17) is 21.3 Å². The van der Waals surface area contributed by atoms with Crippen LogP contribution in [0.5, 0.6) is 5.75 Å². The van der Waals surface area contributed by atoms with Crippen LogP contribution in [0, 0.1) is 18.8 Å². The fraction of sp³-hybridized carbons (Fsp3) is 0.304. The molecule has 1 N–H and O–H groups in total. The number of fused-ring (bicyclic) bond motifs is 3. The van der Waals surface area contributed by atoms with E-state index in [-0.39, 0.29) is 5.92 Å². The Hall–Kier alpha value is -3.19. The Morgan fingerprint density at radius 2 is 1.87 bits per heavy atom. The highest BCUT2D eigenvalue weighted by Gasteiger charge is 2.38. The number of aliphatic imine (C=N–C) groups is 1. The summed E-state index contributed by atoms with van der Waals surface area (Å²) in [5, 5.41) is 19.3. The Morgan fingerprint density at radius 1 is 1.16 bits per heavy atom. The Bertz CT molecular complexity index is 1170. The van der Waals surface area contributed by atoms with Crippen LogP contribution in [0.25, 0.3) is 5.69 Å². The zero-order chi connectivity index (χ0) is 22.3. The quantitative estimate of drug-likeness (QED) is 0.634. The largest absolute Gasteiger partial charge is 0.497 e. The lowest BCUT2D eigenvalue weighted by Crippen LogP contribution is -2.28. The van der Waals surface area contributed by atoms with Crippen molar-refractivity contribution in [2.75, 3.05) is 7.11 Å². The van der Waals surface area contributed by atoms with Crippen molar-refractivity contribution >= 4 is 23.3 Å². The third kappa shape index (κ3) is 3.70. The van der Waals surface area contributed by atoms with Gasteiger partial charge in [0, 0.05) is 16.1 Å². The summed E-state index contributed by atoms with van der Waals surface area (Å²) in [6, 6.07) is 12.3. The normalized spacial score (nSPS) is 16.2. The summed E-state index contributed by atoms with van der Waals surface area (Å²) in [6.07, 6.45) is 0. The molecule has 160 valence electrons. The van der Waals surface area contributed by atoms with Crippen LogP contribution in [0.2, 0.25) is 5.02 Å². The van der Waals surface area contributed by atoms with Gasteiger partial charge in [0.15, 0.2) is 5.82 Å². The summed E-state index contributed by atoms with van der Waals surface area (Å²) in [7, 11) is 1.61.